The number of ether oxygens (including phenoxy) is 3. The normalized spacial score (nSPS) is 23.7. The Labute approximate surface area is 150 Å². The molecule has 0 aliphatic carbocycles. The second-order valence-corrected chi connectivity index (χ2v) is 7.45. The van der Waals surface area contributed by atoms with Crippen molar-refractivity contribution in [2.24, 2.45) is 0 Å². The Kier molecular flexibility index (Phi) is 4.92. The molecule has 0 aromatic heterocycles. The van der Waals surface area contributed by atoms with Gasteiger partial charge in [-0.3, -0.25) is 4.90 Å². The number of hydrogen-bond donors (Lipinski definition) is 0. The van der Waals surface area contributed by atoms with E-state index >= 15 is 0 Å². The summed E-state index contributed by atoms with van der Waals surface area (Å²) in [6, 6.07) is 2.98. The summed E-state index contributed by atoms with van der Waals surface area (Å²) >= 11 is 0. The topological polar surface area (TPSA) is 48.0 Å². The number of amides is 1. The summed E-state index contributed by atoms with van der Waals surface area (Å²) in [5, 5.41) is 0. The highest BCUT2D eigenvalue weighted by molar-refractivity contribution is 5.69. The van der Waals surface area contributed by atoms with E-state index in [0.717, 1.165) is 12.1 Å². The van der Waals surface area contributed by atoms with Gasteiger partial charge < -0.3 is 14.2 Å². The van der Waals surface area contributed by atoms with Gasteiger partial charge in [0.2, 0.25) is 0 Å². The fourth-order valence-corrected chi connectivity index (χ4v) is 3.25. The summed E-state index contributed by atoms with van der Waals surface area (Å²) in [7, 11) is 0. The van der Waals surface area contributed by atoms with Gasteiger partial charge in [-0.1, -0.05) is 6.07 Å². The number of halogens is 3. The highest BCUT2D eigenvalue weighted by atomic mass is 19.4. The van der Waals surface area contributed by atoms with Crippen LogP contribution in [-0.2, 0) is 27.0 Å². The molecule has 2 atom stereocenters. The molecule has 8 heteroatoms. The maximum absolute atomic E-state index is 13.0. The van der Waals surface area contributed by atoms with E-state index in [1.54, 1.807) is 20.8 Å². The Morgan fingerprint density at radius 3 is 2.65 bits per heavy atom. The maximum atomic E-state index is 13.0. The van der Waals surface area contributed by atoms with Crippen molar-refractivity contribution in [3.63, 3.8) is 0 Å². The number of fused-ring (bicyclic) bond motifs is 3. The molecule has 1 amide bonds. The van der Waals surface area contributed by atoms with E-state index in [1.165, 1.54) is 11.0 Å². The minimum atomic E-state index is -4.44. The molecule has 3 rings (SSSR count). The Hall–Kier alpha value is -1.80. The van der Waals surface area contributed by atoms with Crippen LogP contribution in [0.5, 0.6) is 0 Å². The summed E-state index contributed by atoms with van der Waals surface area (Å²) in [4.78, 5) is 14.2. The molecular weight excluding hydrogens is 351 g/mol. The second kappa shape index (κ2) is 6.74. The van der Waals surface area contributed by atoms with E-state index in [0.29, 0.717) is 24.3 Å². The van der Waals surface area contributed by atoms with E-state index in [-0.39, 0.29) is 13.2 Å². The van der Waals surface area contributed by atoms with E-state index in [4.69, 9.17) is 14.2 Å². The van der Waals surface area contributed by atoms with Crippen molar-refractivity contribution in [2.45, 2.75) is 51.3 Å². The predicted molar refractivity (Wildman–Crippen MR) is 86.5 cm³/mol. The van der Waals surface area contributed by atoms with Gasteiger partial charge in [0.05, 0.1) is 31.4 Å². The SMILES string of the molecule is CC(C)(C)OC(=O)N1CCOC2COCc3cc(C(F)(F)F)ccc3C21. The number of benzene rings is 1. The highest BCUT2D eigenvalue weighted by Gasteiger charge is 2.41. The molecule has 1 aromatic carbocycles. The van der Waals surface area contributed by atoms with Gasteiger partial charge in [-0.25, -0.2) is 4.79 Å². The highest BCUT2D eigenvalue weighted by Crippen LogP contribution is 2.38. The third kappa shape index (κ3) is 3.96. The van der Waals surface area contributed by atoms with Crippen molar-refractivity contribution in [1.29, 1.82) is 0 Å². The van der Waals surface area contributed by atoms with Gasteiger partial charge in [0, 0.05) is 6.54 Å². The molecule has 0 spiro atoms. The quantitative estimate of drug-likeness (QED) is 0.692. The lowest BCUT2D eigenvalue weighted by Gasteiger charge is -2.41. The van der Waals surface area contributed by atoms with Crippen LogP contribution in [0.25, 0.3) is 0 Å². The van der Waals surface area contributed by atoms with E-state index in [1.807, 2.05) is 0 Å². The number of morpholine rings is 1. The standard InChI is InChI=1S/C18H22F3NO4/c1-17(2,3)26-16(23)22-6-7-25-14-10-24-9-11-8-12(18(19,20)21)4-5-13(11)15(14)22/h4-5,8,14-15H,6-7,9-10H2,1-3H3. The van der Waals surface area contributed by atoms with Crippen LogP contribution in [0.4, 0.5) is 18.0 Å². The molecule has 0 radical (unpaired) electrons. The molecule has 0 N–H and O–H groups in total. The Balaban J connectivity index is 1.98. The number of nitrogens with zero attached hydrogens (tertiary/aromatic N) is 1. The molecular formula is C18H22F3NO4. The number of alkyl halides is 3. The van der Waals surface area contributed by atoms with Gasteiger partial charge in [0.15, 0.2) is 0 Å². The molecule has 2 aliphatic heterocycles. The molecule has 2 aliphatic rings. The summed E-state index contributed by atoms with van der Waals surface area (Å²) in [5.74, 6) is 0. The lowest BCUT2D eigenvalue weighted by Crippen LogP contribution is -2.50. The average molecular weight is 373 g/mol. The van der Waals surface area contributed by atoms with Crippen LogP contribution < -0.4 is 0 Å². The lowest BCUT2D eigenvalue weighted by atomic mass is 9.93. The van der Waals surface area contributed by atoms with Crippen molar-refractivity contribution in [2.75, 3.05) is 19.8 Å². The predicted octanol–water partition coefficient (Wildman–Crippen LogP) is 3.91. The Morgan fingerprint density at radius 2 is 2.00 bits per heavy atom. The van der Waals surface area contributed by atoms with Crippen LogP contribution in [0.1, 0.15) is 43.5 Å². The third-order valence-electron chi connectivity index (χ3n) is 4.31. The first-order valence-corrected chi connectivity index (χ1v) is 8.45. The molecule has 0 bridgehead atoms. The van der Waals surface area contributed by atoms with Gasteiger partial charge in [0.25, 0.3) is 0 Å². The van der Waals surface area contributed by atoms with Crippen molar-refractivity contribution in [3.05, 3.63) is 34.9 Å². The monoisotopic (exact) mass is 373 g/mol. The van der Waals surface area contributed by atoms with Crippen LogP contribution in [0.15, 0.2) is 18.2 Å². The van der Waals surface area contributed by atoms with E-state index in [9.17, 15) is 18.0 Å². The van der Waals surface area contributed by atoms with Gasteiger partial charge in [-0.05, 0) is 44.0 Å². The first-order chi connectivity index (χ1) is 12.1. The zero-order valence-corrected chi connectivity index (χ0v) is 14.9. The van der Waals surface area contributed by atoms with Gasteiger partial charge >= 0.3 is 12.3 Å². The number of carbonyl (C=O) groups excluding carboxylic acids is 1. The van der Waals surface area contributed by atoms with Crippen LogP contribution >= 0.6 is 0 Å². The molecule has 26 heavy (non-hydrogen) atoms. The summed E-state index contributed by atoms with van der Waals surface area (Å²) in [6.45, 7) is 6.15. The molecule has 0 saturated carbocycles. The van der Waals surface area contributed by atoms with Crippen molar-refractivity contribution < 1.29 is 32.2 Å². The first-order valence-electron chi connectivity index (χ1n) is 8.45. The van der Waals surface area contributed by atoms with E-state index < -0.39 is 35.6 Å². The first kappa shape index (κ1) is 19.0. The fourth-order valence-electron chi connectivity index (χ4n) is 3.25. The summed E-state index contributed by atoms with van der Waals surface area (Å²) in [5.41, 5.74) is -0.397. The minimum Gasteiger partial charge on any atom is -0.444 e. The number of carbonyl (C=O) groups is 1. The van der Waals surface area contributed by atoms with Crippen molar-refractivity contribution in [3.8, 4) is 0 Å². The average Bonchev–Trinajstić information content (AvgIpc) is 2.70. The Bertz CT molecular complexity index is 684. The lowest BCUT2D eigenvalue weighted by molar-refractivity contribution is -0.137. The molecule has 1 saturated heterocycles. The maximum Gasteiger partial charge on any atom is 0.416 e. The largest absolute Gasteiger partial charge is 0.444 e. The number of hydrogen-bond acceptors (Lipinski definition) is 4. The van der Waals surface area contributed by atoms with Crippen LogP contribution in [0.2, 0.25) is 0 Å². The molecule has 1 aromatic rings. The van der Waals surface area contributed by atoms with Crippen LogP contribution in [0, 0.1) is 0 Å². The molecule has 144 valence electrons. The molecule has 1 fully saturated rings. The van der Waals surface area contributed by atoms with Gasteiger partial charge in [-0.15, -0.1) is 0 Å². The van der Waals surface area contributed by atoms with E-state index in [2.05, 4.69) is 0 Å². The van der Waals surface area contributed by atoms with Gasteiger partial charge in [0.1, 0.15) is 11.7 Å². The second-order valence-electron chi connectivity index (χ2n) is 7.45. The zero-order chi connectivity index (χ0) is 19.1. The van der Waals surface area contributed by atoms with Crippen LogP contribution in [-0.4, -0.2) is 42.5 Å². The zero-order valence-electron chi connectivity index (χ0n) is 14.9. The van der Waals surface area contributed by atoms with Crippen molar-refractivity contribution in [1.82, 2.24) is 4.90 Å². The smallest absolute Gasteiger partial charge is 0.416 e. The fraction of sp³-hybridized carbons (Fsp3) is 0.611. The minimum absolute atomic E-state index is 0.0395. The summed E-state index contributed by atoms with van der Waals surface area (Å²) < 4.78 is 55.8. The molecule has 2 heterocycles. The number of rotatable bonds is 0. The van der Waals surface area contributed by atoms with Gasteiger partial charge in [-0.2, -0.15) is 13.2 Å². The van der Waals surface area contributed by atoms with Crippen molar-refractivity contribution >= 4 is 6.09 Å². The van der Waals surface area contributed by atoms with Crippen LogP contribution in [0.3, 0.4) is 0 Å². The molecule has 5 nitrogen and oxygen atoms in total. The molecule has 2 unspecified atom stereocenters. The Morgan fingerprint density at radius 1 is 1.27 bits per heavy atom. The third-order valence-corrected chi connectivity index (χ3v) is 4.31. The summed E-state index contributed by atoms with van der Waals surface area (Å²) in [6.07, 6.45) is -5.40.